The molecule has 2 N–H and O–H groups in total. The molecule has 0 aliphatic rings. The van der Waals surface area contributed by atoms with E-state index in [1.807, 2.05) is 67.8 Å². The standard InChI is InChI=1S/C24H24N4O3/c1-15-8-6-10-18(16(15)2)26-22(29)14-28-20-11-5-4-9-19(20)27-23(28)17(3)25-24(30)21-12-7-13-31-21/h4-13,17H,14H2,1-3H3,(H,25,30)(H,26,29). The van der Waals surface area contributed by atoms with Crippen LogP contribution in [-0.4, -0.2) is 21.4 Å². The number of amides is 2. The summed E-state index contributed by atoms with van der Waals surface area (Å²) in [5.41, 5.74) is 4.52. The van der Waals surface area contributed by atoms with Crippen LogP contribution in [0.5, 0.6) is 0 Å². The van der Waals surface area contributed by atoms with Gasteiger partial charge < -0.3 is 19.6 Å². The molecule has 0 saturated heterocycles. The van der Waals surface area contributed by atoms with E-state index in [2.05, 4.69) is 15.6 Å². The predicted octanol–water partition coefficient (Wildman–Crippen LogP) is 4.38. The maximum absolute atomic E-state index is 12.9. The summed E-state index contributed by atoms with van der Waals surface area (Å²) in [5, 5.41) is 5.89. The van der Waals surface area contributed by atoms with Crippen molar-refractivity contribution in [3.05, 3.63) is 83.6 Å². The van der Waals surface area contributed by atoms with Gasteiger partial charge in [0.2, 0.25) is 5.91 Å². The lowest BCUT2D eigenvalue weighted by Gasteiger charge is -2.16. The van der Waals surface area contributed by atoms with Crippen LogP contribution in [0.2, 0.25) is 0 Å². The van der Waals surface area contributed by atoms with Crippen molar-refractivity contribution in [2.45, 2.75) is 33.4 Å². The number of para-hydroxylation sites is 2. The van der Waals surface area contributed by atoms with Gasteiger partial charge in [-0.2, -0.15) is 0 Å². The monoisotopic (exact) mass is 416 g/mol. The number of carbonyl (C=O) groups excluding carboxylic acids is 2. The van der Waals surface area contributed by atoms with Crippen molar-refractivity contribution >= 4 is 28.5 Å². The molecule has 2 amide bonds. The van der Waals surface area contributed by atoms with E-state index in [0.29, 0.717) is 5.82 Å². The number of anilines is 1. The number of nitrogens with one attached hydrogen (secondary N) is 2. The highest BCUT2D eigenvalue weighted by Crippen LogP contribution is 2.22. The zero-order valence-corrected chi connectivity index (χ0v) is 17.7. The molecular weight excluding hydrogens is 392 g/mol. The third-order valence-corrected chi connectivity index (χ3v) is 5.34. The second kappa shape index (κ2) is 8.47. The Labute approximate surface area is 180 Å². The lowest BCUT2D eigenvalue weighted by atomic mass is 10.1. The third-order valence-electron chi connectivity index (χ3n) is 5.34. The number of nitrogens with zero attached hydrogens (tertiary/aromatic N) is 2. The van der Waals surface area contributed by atoms with Gasteiger partial charge in [0.15, 0.2) is 5.76 Å². The summed E-state index contributed by atoms with van der Waals surface area (Å²) in [4.78, 5) is 30.0. The Morgan fingerprint density at radius 1 is 1.06 bits per heavy atom. The zero-order valence-electron chi connectivity index (χ0n) is 17.7. The fourth-order valence-electron chi connectivity index (χ4n) is 3.55. The molecule has 0 fully saturated rings. The van der Waals surface area contributed by atoms with Gasteiger partial charge in [-0.3, -0.25) is 9.59 Å². The third kappa shape index (κ3) is 4.21. The molecule has 0 radical (unpaired) electrons. The highest BCUT2D eigenvalue weighted by Gasteiger charge is 2.21. The molecule has 0 aliphatic heterocycles. The minimum absolute atomic E-state index is 0.0736. The van der Waals surface area contributed by atoms with Gasteiger partial charge >= 0.3 is 0 Å². The van der Waals surface area contributed by atoms with Crippen LogP contribution in [0.4, 0.5) is 5.69 Å². The van der Waals surface area contributed by atoms with Gasteiger partial charge in [-0.15, -0.1) is 0 Å². The molecule has 158 valence electrons. The van der Waals surface area contributed by atoms with Crippen molar-refractivity contribution in [1.82, 2.24) is 14.9 Å². The molecule has 0 saturated carbocycles. The number of benzene rings is 2. The quantitative estimate of drug-likeness (QED) is 0.488. The first-order chi connectivity index (χ1) is 14.9. The molecule has 2 heterocycles. The molecule has 4 rings (SSSR count). The second-order valence-electron chi connectivity index (χ2n) is 7.51. The van der Waals surface area contributed by atoms with Crippen molar-refractivity contribution < 1.29 is 14.0 Å². The molecule has 2 aromatic carbocycles. The molecule has 4 aromatic rings. The maximum atomic E-state index is 12.9. The minimum atomic E-state index is -0.432. The molecule has 2 aromatic heterocycles. The average molecular weight is 416 g/mol. The van der Waals surface area contributed by atoms with Crippen LogP contribution in [0.3, 0.4) is 0 Å². The first-order valence-electron chi connectivity index (χ1n) is 10.1. The predicted molar refractivity (Wildman–Crippen MR) is 119 cm³/mol. The topological polar surface area (TPSA) is 89.2 Å². The summed E-state index contributed by atoms with van der Waals surface area (Å²) in [7, 11) is 0. The van der Waals surface area contributed by atoms with Crippen LogP contribution >= 0.6 is 0 Å². The Balaban J connectivity index is 1.61. The Morgan fingerprint density at radius 2 is 1.87 bits per heavy atom. The Bertz CT molecular complexity index is 1240. The number of fused-ring (bicyclic) bond motifs is 1. The smallest absolute Gasteiger partial charge is 0.287 e. The Morgan fingerprint density at radius 3 is 2.65 bits per heavy atom. The fourth-order valence-corrected chi connectivity index (χ4v) is 3.55. The lowest BCUT2D eigenvalue weighted by Crippen LogP contribution is -2.29. The molecule has 31 heavy (non-hydrogen) atoms. The molecule has 1 atom stereocenters. The lowest BCUT2D eigenvalue weighted by molar-refractivity contribution is -0.116. The summed E-state index contributed by atoms with van der Waals surface area (Å²) in [6, 6.07) is 16.2. The molecule has 7 heteroatoms. The van der Waals surface area contributed by atoms with E-state index >= 15 is 0 Å². The van der Waals surface area contributed by atoms with Gasteiger partial charge in [0.05, 0.1) is 23.3 Å². The van der Waals surface area contributed by atoms with E-state index in [-0.39, 0.29) is 24.1 Å². The Hall–Kier alpha value is -3.87. The van der Waals surface area contributed by atoms with Crippen LogP contribution in [-0.2, 0) is 11.3 Å². The van der Waals surface area contributed by atoms with Gasteiger partial charge in [0.1, 0.15) is 12.4 Å². The summed E-state index contributed by atoms with van der Waals surface area (Å²) in [5.74, 6) is 0.318. The highest BCUT2D eigenvalue weighted by molar-refractivity contribution is 5.93. The average Bonchev–Trinajstić information content (AvgIpc) is 3.40. The summed E-state index contributed by atoms with van der Waals surface area (Å²) in [6.45, 7) is 5.90. The van der Waals surface area contributed by atoms with Crippen LogP contribution in [0.1, 0.15) is 40.5 Å². The van der Waals surface area contributed by atoms with Crippen molar-refractivity contribution in [2.75, 3.05) is 5.32 Å². The first-order valence-corrected chi connectivity index (χ1v) is 10.1. The number of aromatic nitrogens is 2. The summed E-state index contributed by atoms with van der Waals surface area (Å²) < 4.78 is 7.01. The van der Waals surface area contributed by atoms with E-state index in [9.17, 15) is 9.59 Å². The van der Waals surface area contributed by atoms with E-state index in [1.165, 1.54) is 6.26 Å². The summed E-state index contributed by atoms with van der Waals surface area (Å²) in [6.07, 6.45) is 1.45. The highest BCUT2D eigenvalue weighted by atomic mass is 16.3. The van der Waals surface area contributed by atoms with Crippen molar-refractivity contribution in [3.63, 3.8) is 0 Å². The van der Waals surface area contributed by atoms with Crippen molar-refractivity contribution in [2.24, 2.45) is 0 Å². The number of hydrogen-bond acceptors (Lipinski definition) is 4. The molecule has 1 unspecified atom stereocenters. The Kier molecular flexibility index (Phi) is 5.58. The molecule has 0 bridgehead atoms. The molecule has 7 nitrogen and oxygen atoms in total. The van der Waals surface area contributed by atoms with E-state index in [4.69, 9.17) is 4.42 Å². The second-order valence-corrected chi connectivity index (χ2v) is 7.51. The van der Waals surface area contributed by atoms with Crippen LogP contribution in [0.15, 0.2) is 65.3 Å². The normalized spacial score (nSPS) is 12.0. The number of hydrogen-bond donors (Lipinski definition) is 2. The molecule has 0 aliphatic carbocycles. The fraction of sp³-hybridized carbons (Fsp3) is 0.208. The largest absolute Gasteiger partial charge is 0.459 e. The van der Waals surface area contributed by atoms with Gasteiger partial charge in [-0.05, 0) is 62.2 Å². The first kappa shape index (κ1) is 20.4. The number of furan rings is 1. The number of carbonyl (C=O) groups is 2. The van der Waals surface area contributed by atoms with Crippen LogP contribution < -0.4 is 10.6 Å². The van der Waals surface area contributed by atoms with Crippen molar-refractivity contribution in [3.8, 4) is 0 Å². The number of aryl methyl sites for hydroxylation is 1. The minimum Gasteiger partial charge on any atom is -0.459 e. The van der Waals surface area contributed by atoms with Crippen LogP contribution in [0.25, 0.3) is 11.0 Å². The van der Waals surface area contributed by atoms with E-state index < -0.39 is 6.04 Å². The maximum Gasteiger partial charge on any atom is 0.287 e. The van der Waals surface area contributed by atoms with Crippen molar-refractivity contribution in [1.29, 1.82) is 0 Å². The van der Waals surface area contributed by atoms with Gasteiger partial charge in [-0.25, -0.2) is 4.98 Å². The van der Waals surface area contributed by atoms with Gasteiger partial charge in [-0.1, -0.05) is 24.3 Å². The SMILES string of the molecule is Cc1cccc(NC(=O)Cn2c(C(C)NC(=O)c3ccco3)nc3ccccc32)c1C. The number of rotatable bonds is 6. The summed E-state index contributed by atoms with van der Waals surface area (Å²) >= 11 is 0. The van der Waals surface area contributed by atoms with Gasteiger partial charge in [0, 0.05) is 5.69 Å². The van der Waals surface area contributed by atoms with E-state index in [0.717, 1.165) is 27.8 Å². The molecule has 0 spiro atoms. The number of imidazole rings is 1. The van der Waals surface area contributed by atoms with Crippen LogP contribution in [0, 0.1) is 13.8 Å². The van der Waals surface area contributed by atoms with E-state index in [1.54, 1.807) is 12.1 Å². The van der Waals surface area contributed by atoms with Gasteiger partial charge in [0.25, 0.3) is 5.91 Å². The zero-order chi connectivity index (χ0) is 22.0. The molecular formula is C24H24N4O3.